The minimum absolute atomic E-state index is 0.0898. The smallest absolute Gasteiger partial charge is 0.408 e. The lowest BCUT2D eigenvalue weighted by Crippen LogP contribution is -2.63. The number of hydrogen-bond acceptors (Lipinski definition) is 6. The third-order valence-corrected chi connectivity index (χ3v) is 7.96. The summed E-state index contributed by atoms with van der Waals surface area (Å²) in [6.07, 6.45) is -1.89. The number of nitrogens with zero attached hydrogens (tertiary/aromatic N) is 2. The number of aryl methyl sites for hydroxylation is 1. The van der Waals surface area contributed by atoms with Crippen LogP contribution in [0.4, 0.5) is 13.2 Å². The van der Waals surface area contributed by atoms with Crippen molar-refractivity contribution in [1.29, 1.82) is 0 Å². The first-order valence-corrected chi connectivity index (χ1v) is 13.3. The van der Waals surface area contributed by atoms with Crippen molar-refractivity contribution < 1.29 is 32.3 Å². The third kappa shape index (κ3) is 5.64. The summed E-state index contributed by atoms with van der Waals surface area (Å²) in [7, 11) is 0. The van der Waals surface area contributed by atoms with Crippen molar-refractivity contribution in [2.75, 3.05) is 19.6 Å². The second kappa shape index (κ2) is 10.7. The molecule has 12 heteroatoms. The molecule has 3 aromatic rings. The minimum Gasteiger partial charge on any atom is -0.408 e. The Morgan fingerprint density at radius 1 is 1.12 bits per heavy atom. The second-order valence-electron chi connectivity index (χ2n) is 10.5. The highest BCUT2D eigenvalue weighted by Gasteiger charge is 2.40. The highest BCUT2D eigenvalue weighted by molar-refractivity contribution is 5.96. The van der Waals surface area contributed by atoms with Crippen LogP contribution in [0.5, 0.6) is 0 Å². The Morgan fingerprint density at radius 3 is 2.52 bits per heavy atom. The van der Waals surface area contributed by atoms with Gasteiger partial charge in [-0.15, -0.1) is 0 Å². The molecule has 0 unspecified atom stereocenters. The number of nitrogens with one attached hydrogen (secondary N) is 2. The Morgan fingerprint density at radius 2 is 1.85 bits per heavy atom. The molecule has 40 heavy (non-hydrogen) atoms. The van der Waals surface area contributed by atoms with Crippen LogP contribution in [0.25, 0.3) is 11.1 Å². The zero-order valence-electron chi connectivity index (χ0n) is 22.0. The zero-order valence-corrected chi connectivity index (χ0v) is 22.0. The van der Waals surface area contributed by atoms with Crippen LogP contribution >= 0.6 is 0 Å². The molecule has 0 radical (unpaired) electrons. The van der Waals surface area contributed by atoms with E-state index in [2.05, 4.69) is 15.5 Å². The molecule has 1 aliphatic heterocycles. The molecule has 1 aromatic heterocycles. The van der Waals surface area contributed by atoms with Crippen molar-refractivity contribution in [3.63, 3.8) is 0 Å². The Hall–Kier alpha value is -3.64. The van der Waals surface area contributed by atoms with Crippen LogP contribution in [0.3, 0.4) is 0 Å². The van der Waals surface area contributed by atoms with Crippen LogP contribution in [0.15, 0.2) is 51.7 Å². The predicted molar refractivity (Wildman–Crippen MR) is 140 cm³/mol. The summed E-state index contributed by atoms with van der Waals surface area (Å²) in [5.41, 5.74) is -0.152. The van der Waals surface area contributed by atoms with Gasteiger partial charge >= 0.3 is 11.9 Å². The number of aliphatic hydroxyl groups is 1. The normalized spacial score (nSPS) is 22.2. The standard InChI is InChI=1S/C28H31F3N4O5/c1-2-35-22-13-18(6-7-23(22)40-26(35)38)27(39)10-8-21(9-11-27)34-15-20(16-34)33-24(36)14-32-25(37)17-4-3-5-19(12-17)28(29,30)31/h3-7,12-13,20-21,39H,2,8-11,14-16H2,1H3,(H,32,37)(H,33,36). The Labute approximate surface area is 227 Å². The highest BCUT2D eigenvalue weighted by atomic mass is 19.4. The fourth-order valence-corrected chi connectivity index (χ4v) is 5.67. The number of benzene rings is 2. The van der Waals surface area contributed by atoms with Gasteiger partial charge in [0.15, 0.2) is 5.58 Å². The molecule has 0 atom stereocenters. The molecule has 2 amide bonds. The minimum atomic E-state index is -4.56. The molecule has 1 saturated carbocycles. The molecule has 0 spiro atoms. The van der Waals surface area contributed by atoms with Crippen molar-refractivity contribution in [3.05, 3.63) is 69.7 Å². The average molecular weight is 561 g/mol. The summed E-state index contributed by atoms with van der Waals surface area (Å²) < 4.78 is 45.4. The average Bonchev–Trinajstić information content (AvgIpc) is 3.23. The van der Waals surface area contributed by atoms with Gasteiger partial charge in [-0.1, -0.05) is 12.1 Å². The van der Waals surface area contributed by atoms with Gasteiger partial charge in [0.2, 0.25) is 5.91 Å². The van der Waals surface area contributed by atoms with Crippen LogP contribution in [0, 0.1) is 0 Å². The molecule has 1 saturated heterocycles. The SMILES string of the molecule is CCn1c(=O)oc2ccc(C3(O)CCC(N4CC(NC(=O)CNC(=O)c5cccc(C(F)(F)F)c5)C4)CC3)cc21. The van der Waals surface area contributed by atoms with E-state index >= 15 is 0 Å². The van der Waals surface area contributed by atoms with E-state index in [1.807, 2.05) is 19.1 Å². The van der Waals surface area contributed by atoms with E-state index in [1.54, 1.807) is 10.6 Å². The molecule has 2 aromatic carbocycles. The van der Waals surface area contributed by atoms with Crippen LogP contribution in [-0.4, -0.2) is 58.1 Å². The lowest BCUT2D eigenvalue weighted by atomic mass is 9.76. The van der Waals surface area contributed by atoms with Gasteiger partial charge in [-0.05, 0) is 68.5 Å². The molecule has 214 valence electrons. The number of carbonyl (C=O) groups is 2. The Kier molecular flexibility index (Phi) is 7.49. The van der Waals surface area contributed by atoms with Crippen molar-refractivity contribution in [1.82, 2.24) is 20.1 Å². The number of carbonyl (C=O) groups excluding carboxylic acids is 2. The monoisotopic (exact) mass is 560 g/mol. The van der Waals surface area contributed by atoms with E-state index < -0.39 is 34.9 Å². The van der Waals surface area contributed by atoms with Gasteiger partial charge in [-0.2, -0.15) is 13.2 Å². The zero-order chi connectivity index (χ0) is 28.7. The lowest BCUT2D eigenvalue weighted by Gasteiger charge is -2.48. The Balaban J connectivity index is 1.07. The van der Waals surface area contributed by atoms with Crippen molar-refractivity contribution >= 4 is 22.9 Å². The summed E-state index contributed by atoms with van der Waals surface area (Å²) in [6, 6.07) is 9.59. The number of likely N-dealkylation sites (tertiary alicyclic amines) is 1. The van der Waals surface area contributed by atoms with E-state index in [1.165, 1.54) is 6.07 Å². The van der Waals surface area contributed by atoms with E-state index in [4.69, 9.17) is 4.42 Å². The molecular weight excluding hydrogens is 529 g/mol. The quantitative estimate of drug-likeness (QED) is 0.409. The fraction of sp³-hybridized carbons (Fsp3) is 0.464. The van der Waals surface area contributed by atoms with Gasteiger partial charge in [0.1, 0.15) is 0 Å². The molecule has 9 nitrogen and oxygen atoms in total. The number of halogens is 3. The maximum Gasteiger partial charge on any atom is 0.419 e. The van der Waals surface area contributed by atoms with Crippen LogP contribution < -0.4 is 16.4 Å². The summed E-state index contributed by atoms with van der Waals surface area (Å²) in [4.78, 5) is 38.7. The molecule has 3 N–H and O–H groups in total. The van der Waals surface area contributed by atoms with E-state index in [9.17, 15) is 32.7 Å². The predicted octanol–water partition coefficient (Wildman–Crippen LogP) is 2.99. The summed E-state index contributed by atoms with van der Waals surface area (Å²) in [6.45, 7) is 3.28. The summed E-state index contributed by atoms with van der Waals surface area (Å²) in [5.74, 6) is -1.58. The molecule has 2 heterocycles. The van der Waals surface area contributed by atoms with E-state index in [-0.39, 0.29) is 24.2 Å². The maximum atomic E-state index is 12.9. The van der Waals surface area contributed by atoms with Gasteiger partial charge in [-0.3, -0.25) is 19.1 Å². The molecule has 1 aliphatic carbocycles. The van der Waals surface area contributed by atoms with Gasteiger partial charge in [0.05, 0.1) is 29.3 Å². The topological polar surface area (TPSA) is 117 Å². The van der Waals surface area contributed by atoms with Gasteiger partial charge in [0, 0.05) is 31.2 Å². The number of rotatable bonds is 7. The molecular formula is C28H31F3N4O5. The van der Waals surface area contributed by atoms with Crippen LogP contribution in [-0.2, 0) is 23.1 Å². The molecule has 5 rings (SSSR count). The lowest BCUT2D eigenvalue weighted by molar-refractivity contribution is -0.137. The second-order valence-corrected chi connectivity index (χ2v) is 10.5. The van der Waals surface area contributed by atoms with Crippen molar-refractivity contribution in [2.45, 2.75) is 63.0 Å². The third-order valence-electron chi connectivity index (χ3n) is 7.96. The van der Waals surface area contributed by atoms with Crippen LogP contribution in [0.2, 0.25) is 0 Å². The van der Waals surface area contributed by atoms with Gasteiger partial charge < -0.3 is 20.2 Å². The van der Waals surface area contributed by atoms with Gasteiger partial charge in [0.25, 0.3) is 5.91 Å². The maximum absolute atomic E-state index is 12.9. The number of fused-ring (bicyclic) bond motifs is 1. The first-order valence-electron chi connectivity index (χ1n) is 13.3. The number of aromatic nitrogens is 1. The van der Waals surface area contributed by atoms with E-state index in [0.29, 0.717) is 43.6 Å². The Bertz CT molecular complexity index is 1470. The number of hydrogen-bond donors (Lipinski definition) is 3. The number of oxazole rings is 1. The van der Waals surface area contributed by atoms with Crippen LogP contribution in [0.1, 0.15) is 54.1 Å². The fourth-order valence-electron chi connectivity index (χ4n) is 5.67. The molecule has 2 fully saturated rings. The summed E-state index contributed by atoms with van der Waals surface area (Å²) >= 11 is 0. The first-order chi connectivity index (χ1) is 19.0. The summed E-state index contributed by atoms with van der Waals surface area (Å²) in [5, 5.41) is 16.6. The number of amides is 2. The van der Waals surface area contributed by atoms with Crippen molar-refractivity contribution in [3.8, 4) is 0 Å². The largest absolute Gasteiger partial charge is 0.419 e. The number of alkyl halides is 3. The highest BCUT2D eigenvalue weighted by Crippen LogP contribution is 2.40. The van der Waals surface area contributed by atoms with Crippen molar-refractivity contribution in [2.24, 2.45) is 0 Å². The van der Waals surface area contributed by atoms with Gasteiger partial charge in [-0.25, -0.2) is 4.79 Å². The molecule has 2 aliphatic rings. The first kappa shape index (κ1) is 27.9. The molecule has 0 bridgehead atoms. The van der Waals surface area contributed by atoms with E-state index in [0.717, 1.165) is 36.6 Å².